The minimum Gasteiger partial charge on any atom is -0.490 e. The molecule has 0 heterocycles. The predicted molar refractivity (Wildman–Crippen MR) is 152 cm³/mol. The SMILES string of the molecule is CCCOc1c(Cl)cc(/C=C2\CCC/C(=C\c3cc(Cl)c(OCCC)c(OCC)c3)C2=O)cc1OCC. The Bertz CT molecular complexity index is 1070. The zero-order chi connectivity index (χ0) is 26.8. The van der Waals surface area contributed by atoms with E-state index in [0.29, 0.717) is 72.3 Å². The van der Waals surface area contributed by atoms with Gasteiger partial charge in [-0.25, -0.2) is 0 Å². The van der Waals surface area contributed by atoms with Crippen LogP contribution in [0.15, 0.2) is 35.4 Å². The topological polar surface area (TPSA) is 54.0 Å². The molecule has 1 fully saturated rings. The van der Waals surface area contributed by atoms with E-state index in [1.807, 2.05) is 64.1 Å². The van der Waals surface area contributed by atoms with Crippen molar-refractivity contribution in [2.75, 3.05) is 26.4 Å². The molecule has 2 aromatic carbocycles. The van der Waals surface area contributed by atoms with Gasteiger partial charge in [0.15, 0.2) is 28.8 Å². The Kier molecular flexibility index (Phi) is 11.2. The number of ketones is 1. The number of hydrogen-bond donors (Lipinski definition) is 0. The predicted octanol–water partition coefficient (Wildman–Crippen LogP) is 8.59. The molecule has 0 radical (unpaired) electrons. The van der Waals surface area contributed by atoms with Crippen LogP contribution in [0.25, 0.3) is 12.2 Å². The first-order valence-electron chi connectivity index (χ1n) is 13.1. The van der Waals surface area contributed by atoms with Gasteiger partial charge in [0.1, 0.15) is 0 Å². The summed E-state index contributed by atoms with van der Waals surface area (Å²) in [6.45, 7) is 9.96. The molecule has 0 atom stereocenters. The highest BCUT2D eigenvalue weighted by atomic mass is 35.5. The van der Waals surface area contributed by atoms with Crippen molar-refractivity contribution >= 4 is 41.1 Å². The third-order valence-electron chi connectivity index (χ3n) is 5.72. The van der Waals surface area contributed by atoms with E-state index in [9.17, 15) is 4.79 Å². The second kappa shape index (κ2) is 14.3. The van der Waals surface area contributed by atoms with Crippen LogP contribution < -0.4 is 18.9 Å². The maximum absolute atomic E-state index is 13.4. The van der Waals surface area contributed by atoms with Gasteiger partial charge in [-0.3, -0.25) is 4.79 Å². The number of Topliss-reactive ketones (excluding diaryl/α,β-unsaturated/α-hetero) is 1. The molecule has 37 heavy (non-hydrogen) atoms. The number of carbonyl (C=O) groups excluding carboxylic acids is 1. The molecule has 200 valence electrons. The van der Waals surface area contributed by atoms with E-state index in [-0.39, 0.29) is 5.78 Å². The molecule has 0 bridgehead atoms. The van der Waals surface area contributed by atoms with Crippen LogP contribution in [0.2, 0.25) is 10.0 Å². The van der Waals surface area contributed by atoms with Gasteiger partial charge in [-0.05, 0) is 93.5 Å². The largest absolute Gasteiger partial charge is 0.490 e. The van der Waals surface area contributed by atoms with Gasteiger partial charge >= 0.3 is 0 Å². The van der Waals surface area contributed by atoms with Gasteiger partial charge in [-0.2, -0.15) is 0 Å². The van der Waals surface area contributed by atoms with Crippen LogP contribution in [-0.4, -0.2) is 32.2 Å². The van der Waals surface area contributed by atoms with Gasteiger partial charge in [0, 0.05) is 11.1 Å². The second-order valence-electron chi connectivity index (χ2n) is 8.74. The number of carbonyl (C=O) groups is 1. The first-order valence-corrected chi connectivity index (χ1v) is 13.8. The minimum atomic E-state index is 0.0204. The average Bonchev–Trinajstić information content (AvgIpc) is 2.86. The lowest BCUT2D eigenvalue weighted by atomic mass is 9.87. The monoisotopic (exact) mass is 546 g/mol. The molecule has 0 amide bonds. The highest BCUT2D eigenvalue weighted by Crippen LogP contribution is 2.40. The van der Waals surface area contributed by atoms with Crippen LogP contribution in [0.3, 0.4) is 0 Å². The highest BCUT2D eigenvalue weighted by molar-refractivity contribution is 6.33. The normalized spacial score (nSPS) is 15.8. The van der Waals surface area contributed by atoms with Crippen LogP contribution in [0.1, 0.15) is 70.9 Å². The maximum atomic E-state index is 13.4. The number of hydrogen-bond acceptors (Lipinski definition) is 5. The number of rotatable bonds is 12. The summed E-state index contributed by atoms with van der Waals surface area (Å²) in [6, 6.07) is 7.39. The van der Waals surface area contributed by atoms with Crippen molar-refractivity contribution in [2.45, 2.75) is 59.8 Å². The van der Waals surface area contributed by atoms with Crippen molar-refractivity contribution in [3.63, 3.8) is 0 Å². The fourth-order valence-electron chi connectivity index (χ4n) is 4.14. The smallest absolute Gasteiger partial charge is 0.185 e. The first kappa shape index (κ1) is 28.9. The van der Waals surface area contributed by atoms with E-state index in [1.165, 1.54) is 0 Å². The Labute approximate surface area is 230 Å². The minimum absolute atomic E-state index is 0.0204. The summed E-state index contributed by atoms with van der Waals surface area (Å²) in [5.74, 6) is 2.26. The molecule has 5 nitrogen and oxygen atoms in total. The third kappa shape index (κ3) is 7.68. The van der Waals surface area contributed by atoms with Crippen LogP contribution in [-0.2, 0) is 4.79 Å². The van der Waals surface area contributed by atoms with E-state index in [4.69, 9.17) is 42.1 Å². The molecule has 0 aliphatic heterocycles. The molecule has 3 rings (SSSR count). The number of ether oxygens (including phenoxy) is 4. The zero-order valence-corrected chi connectivity index (χ0v) is 23.6. The van der Waals surface area contributed by atoms with Crippen molar-refractivity contribution in [1.29, 1.82) is 0 Å². The van der Waals surface area contributed by atoms with E-state index in [1.54, 1.807) is 0 Å². The lowest BCUT2D eigenvalue weighted by Gasteiger charge is -2.18. The quantitative estimate of drug-likeness (QED) is 0.249. The van der Waals surface area contributed by atoms with E-state index in [0.717, 1.165) is 41.5 Å². The fourth-order valence-corrected chi connectivity index (χ4v) is 4.68. The van der Waals surface area contributed by atoms with Crippen molar-refractivity contribution in [1.82, 2.24) is 0 Å². The van der Waals surface area contributed by atoms with Gasteiger partial charge in [0.2, 0.25) is 0 Å². The Hall–Kier alpha value is -2.63. The van der Waals surface area contributed by atoms with Crippen molar-refractivity contribution in [3.05, 3.63) is 56.6 Å². The number of allylic oxidation sites excluding steroid dienone is 2. The molecule has 0 unspecified atom stereocenters. The Balaban J connectivity index is 1.92. The maximum Gasteiger partial charge on any atom is 0.185 e. The van der Waals surface area contributed by atoms with Gasteiger partial charge < -0.3 is 18.9 Å². The van der Waals surface area contributed by atoms with Crippen molar-refractivity contribution in [2.24, 2.45) is 0 Å². The Morgan fingerprint density at radius 1 is 0.703 bits per heavy atom. The second-order valence-corrected chi connectivity index (χ2v) is 9.56. The summed E-state index contributed by atoms with van der Waals surface area (Å²) in [5, 5.41) is 0.933. The van der Waals surface area contributed by atoms with Gasteiger partial charge in [-0.15, -0.1) is 0 Å². The Morgan fingerprint density at radius 3 is 1.51 bits per heavy atom. The van der Waals surface area contributed by atoms with Crippen molar-refractivity contribution < 1.29 is 23.7 Å². The summed E-state index contributed by atoms with van der Waals surface area (Å²) in [7, 11) is 0. The molecular weight excluding hydrogens is 511 g/mol. The average molecular weight is 548 g/mol. The van der Waals surface area contributed by atoms with Crippen LogP contribution in [0.4, 0.5) is 0 Å². The Morgan fingerprint density at radius 2 is 1.14 bits per heavy atom. The van der Waals surface area contributed by atoms with E-state index in [2.05, 4.69) is 0 Å². The van der Waals surface area contributed by atoms with Gasteiger partial charge in [-0.1, -0.05) is 37.0 Å². The fraction of sp³-hybridized carbons (Fsp3) is 0.433. The standard InChI is InChI=1S/C30H36Cl2O5/c1-5-12-36-29-24(31)16-20(18-26(29)34-7-3)14-22-10-9-11-23(28(22)33)15-21-17-25(32)30(37-13-6-2)27(19-21)35-8-4/h14-19H,5-13H2,1-4H3/b22-14+,23-15+. The highest BCUT2D eigenvalue weighted by Gasteiger charge is 2.22. The molecule has 2 aromatic rings. The molecule has 0 saturated heterocycles. The van der Waals surface area contributed by atoms with E-state index >= 15 is 0 Å². The summed E-state index contributed by atoms with van der Waals surface area (Å²) in [5.41, 5.74) is 3.08. The van der Waals surface area contributed by atoms with Gasteiger partial charge in [0.25, 0.3) is 0 Å². The summed E-state index contributed by atoms with van der Waals surface area (Å²) < 4.78 is 23.2. The zero-order valence-electron chi connectivity index (χ0n) is 22.1. The van der Waals surface area contributed by atoms with E-state index < -0.39 is 0 Å². The molecule has 0 spiro atoms. The lowest BCUT2D eigenvalue weighted by Crippen LogP contribution is -2.12. The summed E-state index contributed by atoms with van der Waals surface area (Å²) >= 11 is 13.1. The van der Waals surface area contributed by atoms with Crippen LogP contribution >= 0.6 is 23.2 Å². The molecule has 1 saturated carbocycles. The van der Waals surface area contributed by atoms with Crippen molar-refractivity contribution in [3.8, 4) is 23.0 Å². The molecule has 0 N–H and O–H groups in total. The summed E-state index contributed by atoms with van der Waals surface area (Å²) in [6.07, 6.45) is 7.78. The van der Waals surface area contributed by atoms with Gasteiger partial charge in [0.05, 0.1) is 36.5 Å². The first-order chi connectivity index (χ1) is 17.9. The summed E-state index contributed by atoms with van der Waals surface area (Å²) in [4.78, 5) is 13.4. The lowest BCUT2D eigenvalue weighted by molar-refractivity contribution is -0.112. The number of benzene rings is 2. The molecular formula is C30H36Cl2O5. The number of halogens is 2. The molecule has 1 aliphatic carbocycles. The van der Waals surface area contributed by atoms with Crippen LogP contribution in [0, 0.1) is 0 Å². The molecule has 7 heteroatoms. The molecule has 0 aromatic heterocycles. The van der Waals surface area contributed by atoms with Crippen LogP contribution in [0.5, 0.6) is 23.0 Å². The molecule has 1 aliphatic rings. The third-order valence-corrected chi connectivity index (χ3v) is 6.28.